The fourth-order valence-electron chi connectivity index (χ4n) is 3.89. The molecule has 1 unspecified atom stereocenters. The van der Waals surface area contributed by atoms with Gasteiger partial charge in [-0.25, -0.2) is 0 Å². The Morgan fingerprint density at radius 1 is 0.931 bits per heavy atom. The van der Waals surface area contributed by atoms with Gasteiger partial charge < -0.3 is 10.2 Å². The molecule has 1 aliphatic carbocycles. The van der Waals surface area contributed by atoms with E-state index in [1.165, 1.54) is 42.6 Å². The number of nitrogens with one attached hydrogen (secondary N) is 4. The highest BCUT2D eigenvalue weighted by Crippen LogP contribution is 2.17. The average Bonchev–Trinajstić information content (AvgIpc) is 2.78. The van der Waals surface area contributed by atoms with E-state index in [4.69, 9.17) is 0 Å². The van der Waals surface area contributed by atoms with Gasteiger partial charge in [0.1, 0.15) is 6.54 Å². The van der Waals surface area contributed by atoms with Crippen molar-refractivity contribution in [3.8, 4) is 0 Å². The first-order valence-corrected chi connectivity index (χ1v) is 10.4. The van der Waals surface area contributed by atoms with E-state index in [0.29, 0.717) is 11.6 Å². The summed E-state index contributed by atoms with van der Waals surface area (Å²) in [4.78, 5) is 25.7. The largest absolute Gasteiger partial charge is 0.376 e. The highest BCUT2D eigenvalue weighted by atomic mass is 16.2. The maximum atomic E-state index is 12.1. The van der Waals surface area contributed by atoms with Gasteiger partial charge in [-0.2, -0.15) is 0 Å². The van der Waals surface area contributed by atoms with Crippen molar-refractivity contribution in [1.29, 1.82) is 0 Å². The number of carbonyl (C=O) groups excluding carboxylic acids is 2. The molecule has 2 aromatic carbocycles. The van der Waals surface area contributed by atoms with Crippen LogP contribution in [-0.2, 0) is 11.3 Å². The second-order valence-electron chi connectivity index (χ2n) is 7.74. The molecule has 3 rings (SSSR count). The summed E-state index contributed by atoms with van der Waals surface area (Å²) in [6.07, 6.45) is 6.61. The molecule has 2 aromatic rings. The Morgan fingerprint density at radius 2 is 1.62 bits per heavy atom. The van der Waals surface area contributed by atoms with Gasteiger partial charge in [0.15, 0.2) is 0 Å². The number of hydrazine groups is 1. The van der Waals surface area contributed by atoms with Crippen LogP contribution in [-0.4, -0.2) is 31.4 Å². The van der Waals surface area contributed by atoms with Crippen LogP contribution in [0.1, 0.15) is 48.0 Å². The van der Waals surface area contributed by atoms with E-state index >= 15 is 0 Å². The molecule has 29 heavy (non-hydrogen) atoms. The van der Waals surface area contributed by atoms with Gasteiger partial charge in [0.2, 0.25) is 0 Å². The molecule has 0 aromatic heterocycles. The summed E-state index contributed by atoms with van der Waals surface area (Å²) in [5.41, 5.74) is 7.57. The van der Waals surface area contributed by atoms with Gasteiger partial charge in [0, 0.05) is 16.8 Å². The summed E-state index contributed by atoms with van der Waals surface area (Å²) in [5, 5.41) is 3.21. The van der Waals surface area contributed by atoms with Crippen molar-refractivity contribution >= 4 is 17.5 Å². The lowest BCUT2D eigenvalue weighted by Crippen LogP contribution is -3.11. The minimum absolute atomic E-state index is 0.0918. The van der Waals surface area contributed by atoms with Gasteiger partial charge in [0.25, 0.3) is 11.8 Å². The maximum Gasteiger partial charge on any atom is 0.269 e. The topological polar surface area (TPSA) is 74.7 Å². The molecule has 1 aliphatic rings. The Labute approximate surface area is 172 Å². The summed E-state index contributed by atoms with van der Waals surface area (Å²) in [7, 11) is 2.26. The van der Waals surface area contributed by atoms with Crippen molar-refractivity contribution in [1.82, 2.24) is 10.9 Å². The first kappa shape index (κ1) is 20.9. The number of hydrogen-bond donors (Lipinski definition) is 4. The Kier molecular flexibility index (Phi) is 7.64. The number of rotatable bonds is 7. The number of amides is 2. The minimum atomic E-state index is -0.336. The van der Waals surface area contributed by atoms with Crippen LogP contribution in [0.15, 0.2) is 54.6 Å². The van der Waals surface area contributed by atoms with Gasteiger partial charge in [0.05, 0.1) is 19.6 Å². The van der Waals surface area contributed by atoms with Crippen molar-refractivity contribution in [2.24, 2.45) is 0 Å². The Bertz CT molecular complexity index is 804. The van der Waals surface area contributed by atoms with Crippen molar-refractivity contribution in [2.45, 2.75) is 44.7 Å². The zero-order valence-corrected chi connectivity index (χ0v) is 17.0. The number of hydrogen-bond acceptors (Lipinski definition) is 3. The third kappa shape index (κ3) is 6.32. The molecule has 4 N–H and O–H groups in total. The van der Waals surface area contributed by atoms with Gasteiger partial charge in [-0.15, -0.1) is 0 Å². The fourth-order valence-corrected chi connectivity index (χ4v) is 3.89. The summed E-state index contributed by atoms with van der Waals surface area (Å²) < 4.78 is 0. The van der Waals surface area contributed by atoms with Crippen molar-refractivity contribution in [3.63, 3.8) is 0 Å². The second-order valence-corrected chi connectivity index (χ2v) is 7.74. The summed E-state index contributed by atoms with van der Waals surface area (Å²) in [6.45, 7) is 1.02. The molecule has 6 heteroatoms. The average molecular weight is 396 g/mol. The monoisotopic (exact) mass is 395 g/mol. The predicted octanol–water partition coefficient (Wildman–Crippen LogP) is 1.91. The second kappa shape index (κ2) is 10.6. The molecule has 2 amide bonds. The molecule has 0 spiro atoms. The van der Waals surface area contributed by atoms with Gasteiger partial charge in [-0.3, -0.25) is 20.4 Å². The standard InChI is InChI=1S/C23H30N4O2/c1-27(20-13-6-3-7-14-20)17-19-12-8-9-15-21(19)24-16-22(28)25-26-23(29)18-10-4-2-5-11-18/h2,4-5,8-12,15,20,24H,3,6-7,13-14,16-17H2,1H3,(H,25,28)(H,26,29)/p+1. The van der Waals surface area contributed by atoms with Crippen molar-refractivity contribution in [3.05, 3.63) is 65.7 Å². The van der Waals surface area contributed by atoms with E-state index in [9.17, 15) is 9.59 Å². The molecule has 1 atom stereocenters. The molecule has 0 aliphatic heterocycles. The summed E-state index contributed by atoms with van der Waals surface area (Å²) in [6, 6.07) is 17.6. The predicted molar refractivity (Wildman–Crippen MR) is 114 cm³/mol. The number of benzene rings is 2. The van der Waals surface area contributed by atoms with Gasteiger partial charge in [-0.1, -0.05) is 42.8 Å². The number of carbonyl (C=O) groups is 2. The number of anilines is 1. The van der Waals surface area contributed by atoms with E-state index in [1.54, 1.807) is 24.3 Å². The quantitative estimate of drug-likeness (QED) is 0.541. The smallest absolute Gasteiger partial charge is 0.269 e. The lowest BCUT2D eigenvalue weighted by Gasteiger charge is -2.28. The molecule has 0 heterocycles. The molecule has 1 fully saturated rings. The third-order valence-corrected chi connectivity index (χ3v) is 5.58. The number of para-hydroxylation sites is 1. The molecule has 1 saturated carbocycles. The van der Waals surface area contributed by atoms with Crippen molar-refractivity contribution in [2.75, 3.05) is 18.9 Å². The molecule has 0 bridgehead atoms. The van der Waals surface area contributed by atoms with Crippen LogP contribution < -0.4 is 21.1 Å². The summed E-state index contributed by atoms with van der Waals surface area (Å²) >= 11 is 0. The van der Waals surface area contributed by atoms with E-state index in [2.05, 4.69) is 29.3 Å². The molecular weight excluding hydrogens is 364 g/mol. The SMILES string of the molecule is C[NH+](Cc1ccccc1NCC(=O)NNC(=O)c1ccccc1)C1CCCCC1. The van der Waals surface area contributed by atoms with Crippen LogP contribution >= 0.6 is 0 Å². The van der Waals surface area contributed by atoms with Crippen LogP contribution in [0.4, 0.5) is 5.69 Å². The van der Waals surface area contributed by atoms with E-state index in [0.717, 1.165) is 12.2 Å². The maximum absolute atomic E-state index is 12.1. The highest BCUT2D eigenvalue weighted by molar-refractivity contribution is 5.95. The third-order valence-electron chi connectivity index (χ3n) is 5.58. The zero-order chi connectivity index (χ0) is 20.5. The lowest BCUT2D eigenvalue weighted by atomic mass is 9.94. The lowest BCUT2D eigenvalue weighted by molar-refractivity contribution is -0.921. The first-order chi connectivity index (χ1) is 14.1. The zero-order valence-electron chi connectivity index (χ0n) is 17.0. The fraction of sp³-hybridized carbons (Fsp3) is 0.391. The van der Waals surface area contributed by atoms with Crippen LogP contribution in [0.25, 0.3) is 0 Å². The Balaban J connectivity index is 1.48. The highest BCUT2D eigenvalue weighted by Gasteiger charge is 2.22. The van der Waals surface area contributed by atoms with Gasteiger partial charge in [-0.05, 0) is 43.9 Å². The first-order valence-electron chi connectivity index (χ1n) is 10.4. The molecular formula is C23H31N4O2+. The normalized spacial score (nSPS) is 15.3. The van der Waals surface area contributed by atoms with Gasteiger partial charge >= 0.3 is 0 Å². The van der Waals surface area contributed by atoms with E-state index in [-0.39, 0.29) is 18.4 Å². The summed E-state index contributed by atoms with van der Waals surface area (Å²) in [5.74, 6) is -0.630. The van der Waals surface area contributed by atoms with Crippen molar-refractivity contribution < 1.29 is 14.5 Å². The van der Waals surface area contributed by atoms with Crippen LogP contribution in [0.2, 0.25) is 0 Å². The Hall–Kier alpha value is -2.86. The van der Waals surface area contributed by atoms with E-state index in [1.807, 2.05) is 24.3 Å². The van der Waals surface area contributed by atoms with Crippen LogP contribution in [0.5, 0.6) is 0 Å². The minimum Gasteiger partial charge on any atom is -0.376 e. The Morgan fingerprint density at radius 3 is 2.38 bits per heavy atom. The molecule has 6 nitrogen and oxygen atoms in total. The van der Waals surface area contributed by atoms with Crippen LogP contribution in [0.3, 0.4) is 0 Å². The van der Waals surface area contributed by atoms with Crippen LogP contribution in [0, 0.1) is 0 Å². The van der Waals surface area contributed by atoms with E-state index < -0.39 is 0 Å². The number of quaternary nitrogens is 1. The molecule has 0 saturated heterocycles. The molecule has 0 radical (unpaired) electrons. The molecule has 154 valence electrons.